The smallest absolute Gasteiger partial charge is 0.416 e. The standard InChI is InChI=1S/C27H27F6NO2/c1-17(2)3-12-23(19-4-8-21(9-5-19)26(28,29)30)34-14-13-18(16-25(35)36)15-24(34)20-6-10-22(11-7-20)27(31,32)33/h4-11,17-18,23-24H,13-16H2,1-2H3,(H,35,36)/t18-,23-,24+/m0/s1. The van der Waals surface area contributed by atoms with Crippen molar-refractivity contribution in [3.05, 3.63) is 70.8 Å². The Bertz CT molecular complexity index is 1090. The van der Waals surface area contributed by atoms with E-state index in [1.165, 1.54) is 24.3 Å². The molecule has 9 heteroatoms. The molecule has 0 saturated carbocycles. The Hall–Kier alpha value is -2.99. The maximum atomic E-state index is 13.1. The van der Waals surface area contributed by atoms with Gasteiger partial charge in [-0.05, 0) is 54.2 Å². The van der Waals surface area contributed by atoms with Gasteiger partial charge in [-0.3, -0.25) is 9.69 Å². The number of carbonyl (C=O) groups is 1. The highest BCUT2D eigenvalue weighted by atomic mass is 19.4. The molecule has 3 atom stereocenters. The van der Waals surface area contributed by atoms with Crippen molar-refractivity contribution in [3.63, 3.8) is 0 Å². The molecular weight excluding hydrogens is 484 g/mol. The van der Waals surface area contributed by atoms with Gasteiger partial charge in [0, 0.05) is 24.9 Å². The van der Waals surface area contributed by atoms with Crippen LogP contribution >= 0.6 is 0 Å². The van der Waals surface area contributed by atoms with Gasteiger partial charge in [-0.25, -0.2) is 0 Å². The van der Waals surface area contributed by atoms with Crippen molar-refractivity contribution in [2.45, 2.75) is 57.5 Å². The zero-order valence-corrected chi connectivity index (χ0v) is 19.8. The summed E-state index contributed by atoms with van der Waals surface area (Å²) in [5, 5.41) is 9.29. The third-order valence-electron chi connectivity index (χ3n) is 6.23. The lowest BCUT2D eigenvalue weighted by molar-refractivity contribution is -0.139. The van der Waals surface area contributed by atoms with Crippen molar-refractivity contribution in [1.29, 1.82) is 0 Å². The number of alkyl halides is 6. The zero-order chi connectivity index (χ0) is 26.7. The van der Waals surface area contributed by atoms with Gasteiger partial charge in [-0.15, -0.1) is 0 Å². The molecule has 0 aromatic heterocycles. The molecule has 1 heterocycles. The van der Waals surface area contributed by atoms with Crippen molar-refractivity contribution < 1.29 is 36.2 Å². The quantitative estimate of drug-likeness (QED) is 0.337. The highest BCUT2D eigenvalue weighted by molar-refractivity contribution is 5.67. The topological polar surface area (TPSA) is 40.5 Å². The Balaban J connectivity index is 2.03. The van der Waals surface area contributed by atoms with Crippen LogP contribution in [0.2, 0.25) is 0 Å². The third kappa shape index (κ3) is 7.03. The van der Waals surface area contributed by atoms with Crippen LogP contribution < -0.4 is 0 Å². The average Bonchev–Trinajstić information content (AvgIpc) is 2.78. The van der Waals surface area contributed by atoms with E-state index in [-0.39, 0.29) is 18.3 Å². The van der Waals surface area contributed by atoms with Gasteiger partial charge in [0.15, 0.2) is 0 Å². The molecule has 3 rings (SSSR count). The molecule has 1 aliphatic heterocycles. The second-order valence-electron chi connectivity index (χ2n) is 9.33. The molecular formula is C27H27F6NO2. The predicted molar refractivity (Wildman–Crippen MR) is 123 cm³/mol. The number of rotatable bonds is 5. The van der Waals surface area contributed by atoms with E-state index in [2.05, 4.69) is 11.8 Å². The number of aliphatic carboxylic acids is 1. The van der Waals surface area contributed by atoms with Gasteiger partial charge in [0.25, 0.3) is 0 Å². The van der Waals surface area contributed by atoms with Crippen LogP contribution in [0.1, 0.15) is 67.4 Å². The largest absolute Gasteiger partial charge is 0.481 e. The lowest BCUT2D eigenvalue weighted by atomic mass is 9.83. The highest BCUT2D eigenvalue weighted by Crippen LogP contribution is 2.42. The van der Waals surface area contributed by atoms with Gasteiger partial charge < -0.3 is 5.11 Å². The number of nitrogens with zero attached hydrogens (tertiary/aromatic N) is 1. The Labute approximate surface area is 206 Å². The van der Waals surface area contributed by atoms with E-state index in [4.69, 9.17) is 0 Å². The molecule has 1 saturated heterocycles. The summed E-state index contributed by atoms with van der Waals surface area (Å²) in [7, 11) is 0. The number of piperidine rings is 1. The zero-order valence-electron chi connectivity index (χ0n) is 19.8. The molecule has 0 aliphatic carbocycles. The summed E-state index contributed by atoms with van der Waals surface area (Å²) in [6, 6.07) is 8.38. The number of hydrogen-bond acceptors (Lipinski definition) is 2. The van der Waals surface area contributed by atoms with Crippen LogP contribution in [-0.4, -0.2) is 22.5 Å². The number of carboxylic acid groups (broad SMARTS) is 1. The SMILES string of the molecule is CC(C)C#C[C@@H](c1ccc(C(F)(F)F)cc1)N1CC[C@H](CC(=O)O)C[C@@H]1c1ccc(C(F)(F)F)cc1. The number of likely N-dealkylation sites (tertiary alicyclic amines) is 1. The van der Waals surface area contributed by atoms with Crippen LogP contribution in [0.3, 0.4) is 0 Å². The summed E-state index contributed by atoms with van der Waals surface area (Å²) in [6.45, 7) is 4.15. The van der Waals surface area contributed by atoms with Crippen molar-refractivity contribution in [3.8, 4) is 11.8 Å². The number of carboxylic acids is 1. The first-order chi connectivity index (χ1) is 16.8. The highest BCUT2D eigenvalue weighted by Gasteiger charge is 2.37. The average molecular weight is 512 g/mol. The molecule has 1 N–H and O–H groups in total. The molecule has 36 heavy (non-hydrogen) atoms. The Morgan fingerprint density at radius 1 is 0.944 bits per heavy atom. The van der Waals surface area contributed by atoms with Crippen molar-refractivity contribution >= 4 is 5.97 Å². The molecule has 1 aliphatic rings. The fraction of sp³-hybridized carbons (Fsp3) is 0.444. The second-order valence-corrected chi connectivity index (χ2v) is 9.33. The van der Waals surface area contributed by atoms with Crippen LogP contribution in [0.25, 0.3) is 0 Å². The fourth-order valence-corrected chi connectivity index (χ4v) is 4.48. The molecule has 0 unspecified atom stereocenters. The summed E-state index contributed by atoms with van der Waals surface area (Å²) in [6.07, 6.45) is -8.17. The van der Waals surface area contributed by atoms with Crippen LogP contribution in [-0.2, 0) is 17.1 Å². The first-order valence-corrected chi connectivity index (χ1v) is 11.6. The Morgan fingerprint density at radius 3 is 1.94 bits per heavy atom. The summed E-state index contributed by atoms with van der Waals surface area (Å²) in [5.74, 6) is 5.05. The first-order valence-electron chi connectivity index (χ1n) is 11.6. The fourth-order valence-electron chi connectivity index (χ4n) is 4.48. The van der Waals surface area contributed by atoms with Gasteiger partial charge >= 0.3 is 18.3 Å². The van der Waals surface area contributed by atoms with E-state index in [1.807, 2.05) is 18.7 Å². The first kappa shape index (κ1) is 27.6. The summed E-state index contributed by atoms with van der Waals surface area (Å²) in [4.78, 5) is 13.3. The van der Waals surface area contributed by atoms with E-state index in [1.54, 1.807) is 0 Å². The molecule has 0 amide bonds. The molecule has 3 nitrogen and oxygen atoms in total. The maximum absolute atomic E-state index is 13.1. The van der Waals surface area contributed by atoms with E-state index < -0.39 is 41.5 Å². The van der Waals surface area contributed by atoms with Crippen molar-refractivity contribution in [1.82, 2.24) is 4.90 Å². The van der Waals surface area contributed by atoms with E-state index in [0.717, 1.165) is 24.3 Å². The minimum absolute atomic E-state index is 0.0176. The molecule has 0 radical (unpaired) electrons. The summed E-state index contributed by atoms with van der Waals surface area (Å²) >= 11 is 0. The molecule has 0 spiro atoms. The van der Waals surface area contributed by atoms with E-state index in [0.29, 0.717) is 30.5 Å². The Kier molecular flexibility index (Phi) is 8.40. The summed E-state index contributed by atoms with van der Waals surface area (Å²) < 4.78 is 78.7. The monoisotopic (exact) mass is 511 g/mol. The minimum Gasteiger partial charge on any atom is -0.481 e. The van der Waals surface area contributed by atoms with Crippen LogP contribution in [0.4, 0.5) is 26.3 Å². The molecule has 194 valence electrons. The molecule has 1 fully saturated rings. The van der Waals surface area contributed by atoms with E-state index in [9.17, 15) is 36.2 Å². The molecule has 0 bridgehead atoms. The van der Waals surface area contributed by atoms with E-state index >= 15 is 0 Å². The molecule has 2 aromatic carbocycles. The van der Waals surface area contributed by atoms with Crippen LogP contribution in [0.5, 0.6) is 0 Å². The normalized spacial score (nSPS) is 20.0. The van der Waals surface area contributed by atoms with Crippen molar-refractivity contribution in [2.75, 3.05) is 6.54 Å². The number of halogens is 6. The lowest BCUT2D eigenvalue weighted by Gasteiger charge is -2.42. The maximum Gasteiger partial charge on any atom is 0.416 e. The van der Waals surface area contributed by atoms with Gasteiger partial charge in [-0.2, -0.15) is 26.3 Å². The lowest BCUT2D eigenvalue weighted by Crippen LogP contribution is -2.39. The third-order valence-corrected chi connectivity index (χ3v) is 6.23. The summed E-state index contributed by atoms with van der Waals surface area (Å²) in [5.41, 5.74) is -0.484. The number of benzene rings is 2. The van der Waals surface area contributed by atoms with Crippen molar-refractivity contribution in [2.24, 2.45) is 11.8 Å². The second kappa shape index (κ2) is 11.0. The molecule has 2 aromatic rings. The van der Waals surface area contributed by atoms with Crippen LogP contribution in [0, 0.1) is 23.7 Å². The van der Waals surface area contributed by atoms with Crippen LogP contribution in [0.15, 0.2) is 48.5 Å². The van der Waals surface area contributed by atoms with Gasteiger partial charge in [0.05, 0.1) is 17.2 Å². The van der Waals surface area contributed by atoms with Gasteiger partial charge in [0.2, 0.25) is 0 Å². The minimum atomic E-state index is -4.50. The predicted octanol–water partition coefficient (Wildman–Crippen LogP) is 7.35. The Morgan fingerprint density at radius 2 is 1.47 bits per heavy atom. The van der Waals surface area contributed by atoms with Gasteiger partial charge in [0.1, 0.15) is 0 Å². The number of hydrogen-bond donors (Lipinski definition) is 1. The van der Waals surface area contributed by atoms with Gasteiger partial charge in [-0.1, -0.05) is 50.0 Å².